The zero-order valence-corrected chi connectivity index (χ0v) is 35.0. The largest absolute Gasteiger partial charge is 0.460 e. The molecule has 10 N–H and O–H groups in total. The van der Waals surface area contributed by atoms with Gasteiger partial charge >= 0.3 is 11.9 Å². The third-order valence-corrected chi connectivity index (χ3v) is 7.90. The molecule has 8 atom stereocenters. The summed E-state index contributed by atoms with van der Waals surface area (Å²) in [5.41, 5.74) is 0. The fourth-order valence-corrected chi connectivity index (χ4v) is 4.98. The van der Waals surface area contributed by atoms with Gasteiger partial charge in [-0.3, -0.25) is 9.80 Å². The highest BCUT2D eigenvalue weighted by molar-refractivity contribution is 5.81. The van der Waals surface area contributed by atoms with Crippen LogP contribution < -0.4 is 0 Å². The van der Waals surface area contributed by atoms with Crippen LogP contribution >= 0.6 is 0 Å². The first-order valence-corrected chi connectivity index (χ1v) is 20.0. The van der Waals surface area contributed by atoms with Crippen molar-refractivity contribution < 1.29 is 103 Å². The number of rotatable bonds is 44. The Morgan fingerprint density at radius 1 is 0.459 bits per heavy atom. The summed E-state index contributed by atoms with van der Waals surface area (Å²) < 4.78 is 48.7. The second kappa shape index (κ2) is 39.3. The van der Waals surface area contributed by atoms with Crippen molar-refractivity contribution in [2.24, 2.45) is 0 Å². The number of carbonyl (C=O) groups is 2. The molecule has 23 nitrogen and oxygen atoms in total. The van der Waals surface area contributed by atoms with E-state index in [4.69, 9.17) is 52.8 Å². The van der Waals surface area contributed by atoms with Crippen molar-refractivity contribution in [1.29, 1.82) is 0 Å². The summed E-state index contributed by atoms with van der Waals surface area (Å²) in [6.45, 7) is 4.39. The molecule has 61 heavy (non-hydrogen) atoms. The van der Waals surface area contributed by atoms with E-state index in [0.29, 0.717) is 0 Å². The second-order valence-electron chi connectivity index (χ2n) is 13.6. The SMILES string of the molecule is C=CC(=O)OCC(O)COC(COCC(O)COCC(O)CN(CCO)CCO)COCC(O)COC(CCOCC(O)CN(CCO)CCO)OCC(O)COC(=O)C=C. The first kappa shape index (κ1) is 58.7. The van der Waals surface area contributed by atoms with Gasteiger partial charge in [0, 0.05) is 57.8 Å². The van der Waals surface area contributed by atoms with Crippen molar-refractivity contribution in [2.45, 2.75) is 55.4 Å². The van der Waals surface area contributed by atoms with Gasteiger partial charge in [0.1, 0.15) is 43.7 Å². The van der Waals surface area contributed by atoms with Gasteiger partial charge in [0.05, 0.1) is 111 Å². The van der Waals surface area contributed by atoms with Gasteiger partial charge in [0.25, 0.3) is 0 Å². The Morgan fingerprint density at radius 3 is 1.21 bits per heavy atom. The number of carbonyl (C=O) groups excluding carboxylic acids is 2. The Morgan fingerprint density at radius 2 is 0.803 bits per heavy atom. The molecular weight excluding hydrogens is 820 g/mol. The standard InChI is InChI=1S/C38H72N2O21/c1-3-36(51)58-23-33(49)22-57-35(27-55-20-31(47)19-54-18-30(46)16-40(8-12-43)9-13-44)28-56-21-32(48)25-60-38(61-26-34(50)24-59-37(52)4-2)5-14-53-17-29(45)15-39(6-10-41)7-11-42/h3-4,29-35,38,41-50H,1-2,5-28H2. The fraction of sp³-hybridized carbons (Fsp3) is 0.842. The number of aliphatic hydroxyl groups is 10. The van der Waals surface area contributed by atoms with E-state index in [0.717, 1.165) is 12.2 Å². The molecule has 0 aromatic rings. The lowest BCUT2D eigenvalue weighted by molar-refractivity contribution is -0.187. The van der Waals surface area contributed by atoms with Gasteiger partial charge in [-0.15, -0.1) is 0 Å². The van der Waals surface area contributed by atoms with E-state index in [1.807, 2.05) is 0 Å². The fourth-order valence-electron chi connectivity index (χ4n) is 4.98. The predicted molar refractivity (Wildman–Crippen MR) is 213 cm³/mol. The first-order valence-electron chi connectivity index (χ1n) is 20.0. The zero-order valence-electron chi connectivity index (χ0n) is 35.0. The maximum atomic E-state index is 11.4. The van der Waals surface area contributed by atoms with Crippen molar-refractivity contribution in [3.8, 4) is 0 Å². The smallest absolute Gasteiger partial charge is 0.330 e. The topological polar surface area (TPSA) is 326 Å². The molecule has 8 unspecified atom stereocenters. The summed E-state index contributed by atoms with van der Waals surface area (Å²) in [5.74, 6) is -1.48. The summed E-state index contributed by atoms with van der Waals surface area (Å²) in [6.07, 6.45) is -6.56. The summed E-state index contributed by atoms with van der Waals surface area (Å²) in [7, 11) is 0. The molecule has 23 heteroatoms. The number of esters is 2. The minimum absolute atomic E-state index is 0.0197. The van der Waals surface area contributed by atoms with Gasteiger partial charge in [-0.2, -0.15) is 0 Å². The summed E-state index contributed by atoms with van der Waals surface area (Å²) in [6, 6.07) is 0. The molecule has 0 bridgehead atoms. The van der Waals surface area contributed by atoms with Crippen LogP contribution in [0, 0.1) is 0 Å². The van der Waals surface area contributed by atoms with Gasteiger partial charge in [-0.05, 0) is 0 Å². The average molecular weight is 893 g/mol. The van der Waals surface area contributed by atoms with Crippen LogP contribution in [-0.2, 0) is 52.2 Å². The number of aliphatic hydroxyl groups excluding tert-OH is 10. The molecule has 0 aliphatic heterocycles. The Hall–Kier alpha value is -2.34. The van der Waals surface area contributed by atoms with E-state index in [2.05, 4.69) is 13.2 Å². The molecule has 0 saturated heterocycles. The molecule has 0 aliphatic carbocycles. The average Bonchev–Trinajstić information content (AvgIpc) is 3.23. The summed E-state index contributed by atoms with van der Waals surface area (Å²) in [4.78, 5) is 26.0. The molecule has 0 spiro atoms. The molecule has 0 saturated carbocycles. The van der Waals surface area contributed by atoms with Crippen molar-refractivity contribution in [2.75, 3.05) is 152 Å². The van der Waals surface area contributed by atoms with E-state index in [1.54, 1.807) is 9.80 Å². The summed E-state index contributed by atoms with van der Waals surface area (Å²) >= 11 is 0. The van der Waals surface area contributed by atoms with Gasteiger partial charge in [-0.25, -0.2) is 9.59 Å². The van der Waals surface area contributed by atoms with Crippen molar-refractivity contribution >= 4 is 11.9 Å². The number of ether oxygens (including phenoxy) is 9. The van der Waals surface area contributed by atoms with Gasteiger partial charge in [0.2, 0.25) is 0 Å². The maximum Gasteiger partial charge on any atom is 0.330 e. The van der Waals surface area contributed by atoms with E-state index >= 15 is 0 Å². The zero-order chi connectivity index (χ0) is 45.7. The van der Waals surface area contributed by atoms with Crippen LogP contribution in [-0.4, -0.2) is 273 Å². The van der Waals surface area contributed by atoms with Gasteiger partial charge in [0.15, 0.2) is 6.29 Å². The maximum absolute atomic E-state index is 11.4. The molecular formula is C38H72N2O21. The number of nitrogens with zero attached hydrogens (tertiary/aromatic N) is 2. The molecule has 0 aliphatic rings. The Bertz CT molecular complexity index is 1070. The van der Waals surface area contributed by atoms with Crippen LogP contribution in [0.1, 0.15) is 6.42 Å². The third-order valence-electron chi connectivity index (χ3n) is 7.90. The van der Waals surface area contributed by atoms with Crippen LogP contribution in [0.4, 0.5) is 0 Å². The summed E-state index contributed by atoms with van der Waals surface area (Å²) in [5, 5.41) is 98.4. The molecule has 0 fully saturated rings. The molecule has 0 amide bonds. The van der Waals surface area contributed by atoms with E-state index in [9.17, 15) is 50.4 Å². The van der Waals surface area contributed by atoms with Crippen molar-refractivity contribution in [3.05, 3.63) is 25.3 Å². The Kier molecular flexibility index (Phi) is 37.8. The Labute approximate surface area is 357 Å². The van der Waals surface area contributed by atoms with Crippen LogP contribution in [0.2, 0.25) is 0 Å². The number of hydrogen-bond donors (Lipinski definition) is 10. The van der Waals surface area contributed by atoms with Crippen LogP contribution in [0.15, 0.2) is 25.3 Å². The van der Waals surface area contributed by atoms with Crippen LogP contribution in [0.5, 0.6) is 0 Å². The molecule has 0 aromatic heterocycles. The predicted octanol–water partition coefficient (Wildman–Crippen LogP) is -5.62. The lowest BCUT2D eigenvalue weighted by atomic mass is 10.3. The third kappa shape index (κ3) is 34.8. The van der Waals surface area contributed by atoms with Crippen molar-refractivity contribution in [3.63, 3.8) is 0 Å². The first-order chi connectivity index (χ1) is 29.3. The van der Waals surface area contributed by atoms with Crippen LogP contribution in [0.25, 0.3) is 0 Å². The molecule has 360 valence electrons. The monoisotopic (exact) mass is 892 g/mol. The van der Waals surface area contributed by atoms with E-state index in [-0.39, 0.29) is 158 Å². The van der Waals surface area contributed by atoms with E-state index < -0.39 is 61.0 Å². The van der Waals surface area contributed by atoms with Crippen molar-refractivity contribution in [1.82, 2.24) is 9.80 Å². The lowest BCUT2D eigenvalue weighted by Crippen LogP contribution is -2.39. The highest BCUT2D eigenvalue weighted by atomic mass is 16.7. The van der Waals surface area contributed by atoms with Gasteiger partial charge in [-0.1, -0.05) is 13.2 Å². The van der Waals surface area contributed by atoms with Gasteiger partial charge < -0.3 is 93.7 Å². The van der Waals surface area contributed by atoms with Crippen LogP contribution in [0.3, 0.4) is 0 Å². The minimum atomic E-state index is -1.22. The quantitative estimate of drug-likeness (QED) is 0.0118. The lowest BCUT2D eigenvalue weighted by Gasteiger charge is -2.24. The molecule has 0 radical (unpaired) electrons. The minimum Gasteiger partial charge on any atom is -0.460 e. The number of hydrogen-bond acceptors (Lipinski definition) is 23. The van der Waals surface area contributed by atoms with E-state index in [1.165, 1.54) is 0 Å². The Balaban J connectivity index is 5.14. The highest BCUT2D eigenvalue weighted by Gasteiger charge is 2.20. The molecule has 0 heterocycles. The second-order valence-corrected chi connectivity index (χ2v) is 13.6. The molecule has 0 rings (SSSR count). The molecule has 0 aromatic carbocycles. The normalized spacial score (nSPS) is 15.8. The highest BCUT2D eigenvalue weighted by Crippen LogP contribution is 2.07.